The lowest BCUT2D eigenvalue weighted by Crippen LogP contribution is -2.42. The number of piperidine rings is 1. The fraction of sp³-hybridized carbons (Fsp3) is 0.650. The number of amides is 2. The van der Waals surface area contributed by atoms with Gasteiger partial charge < -0.3 is 10.2 Å². The summed E-state index contributed by atoms with van der Waals surface area (Å²) in [5, 5.41) is 2.74. The summed E-state index contributed by atoms with van der Waals surface area (Å²) in [6, 6.07) is 7.74. The van der Waals surface area contributed by atoms with Gasteiger partial charge in [0.1, 0.15) is 0 Å². The maximum Gasteiger partial charge on any atom is 0.317 e. The lowest BCUT2D eigenvalue weighted by Gasteiger charge is -2.30. The van der Waals surface area contributed by atoms with Crippen molar-refractivity contribution >= 4 is 6.03 Å². The van der Waals surface area contributed by atoms with E-state index in [4.69, 9.17) is 0 Å². The van der Waals surface area contributed by atoms with E-state index in [0.29, 0.717) is 19.5 Å². The van der Waals surface area contributed by atoms with Crippen molar-refractivity contribution in [3.63, 3.8) is 0 Å². The Morgan fingerprint density at radius 1 is 1.23 bits per heavy atom. The summed E-state index contributed by atoms with van der Waals surface area (Å²) in [4.78, 5) is 15.7. The topological polar surface area (TPSA) is 35.6 Å². The Morgan fingerprint density at radius 3 is 2.42 bits per heavy atom. The van der Waals surface area contributed by atoms with Crippen molar-refractivity contribution < 1.29 is 13.6 Å². The van der Waals surface area contributed by atoms with Crippen LogP contribution in [0.25, 0.3) is 0 Å². The first-order valence-electron chi connectivity index (χ1n) is 9.59. The van der Waals surface area contributed by atoms with Crippen LogP contribution in [0.15, 0.2) is 24.3 Å². The molecule has 6 heteroatoms. The molecule has 0 aliphatic carbocycles. The molecule has 4 nitrogen and oxygen atoms in total. The van der Waals surface area contributed by atoms with Crippen molar-refractivity contribution in [3.8, 4) is 0 Å². The van der Waals surface area contributed by atoms with Gasteiger partial charge in [0, 0.05) is 19.6 Å². The largest absolute Gasteiger partial charge is 0.334 e. The van der Waals surface area contributed by atoms with Gasteiger partial charge >= 0.3 is 6.03 Å². The Bertz CT molecular complexity index is 542. The van der Waals surface area contributed by atoms with Gasteiger partial charge in [-0.05, 0) is 49.4 Å². The highest BCUT2D eigenvalue weighted by Gasteiger charge is 2.17. The highest BCUT2D eigenvalue weighted by atomic mass is 19.3. The van der Waals surface area contributed by atoms with Gasteiger partial charge in [-0.2, -0.15) is 0 Å². The Morgan fingerprint density at radius 2 is 1.85 bits per heavy atom. The summed E-state index contributed by atoms with van der Waals surface area (Å²) < 4.78 is 25.1. The van der Waals surface area contributed by atoms with E-state index in [0.717, 1.165) is 31.1 Å². The molecule has 0 unspecified atom stereocenters. The molecule has 1 N–H and O–H groups in total. The third-order valence-corrected chi connectivity index (χ3v) is 4.89. The molecule has 26 heavy (non-hydrogen) atoms. The van der Waals surface area contributed by atoms with Gasteiger partial charge in [0.25, 0.3) is 6.43 Å². The van der Waals surface area contributed by atoms with Gasteiger partial charge in [-0.1, -0.05) is 38.1 Å². The monoisotopic (exact) mass is 367 g/mol. The maximum absolute atomic E-state index is 12.6. The molecule has 0 spiro atoms. The van der Waals surface area contributed by atoms with Crippen LogP contribution in [-0.2, 0) is 13.1 Å². The molecular formula is C20H31F2N3O. The molecule has 1 aliphatic heterocycles. The SMILES string of the molecule is CCCN(CC(F)F)C(=O)NCc1ccc(CN2CCC(C)CC2)cc1. The van der Waals surface area contributed by atoms with Crippen LogP contribution in [0.5, 0.6) is 0 Å². The third-order valence-electron chi connectivity index (χ3n) is 4.89. The van der Waals surface area contributed by atoms with E-state index in [1.54, 1.807) is 0 Å². The molecule has 146 valence electrons. The normalized spacial score (nSPS) is 16.0. The molecule has 1 saturated heterocycles. The van der Waals surface area contributed by atoms with Gasteiger partial charge in [0.15, 0.2) is 0 Å². The number of hydrogen-bond acceptors (Lipinski definition) is 2. The number of rotatable bonds is 8. The molecule has 2 amide bonds. The number of likely N-dealkylation sites (tertiary alicyclic amines) is 1. The zero-order valence-corrected chi connectivity index (χ0v) is 15.9. The molecule has 1 fully saturated rings. The first kappa shape index (κ1) is 20.6. The minimum atomic E-state index is -2.51. The average Bonchev–Trinajstić information content (AvgIpc) is 2.62. The van der Waals surface area contributed by atoms with Crippen molar-refractivity contribution in [2.75, 3.05) is 26.2 Å². The van der Waals surface area contributed by atoms with Crippen LogP contribution in [0.2, 0.25) is 0 Å². The van der Waals surface area contributed by atoms with Gasteiger partial charge in [-0.3, -0.25) is 4.90 Å². The van der Waals surface area contributed by atoms with Crippen LogP contribution in [0.3, 0.4) is 0 Å². The molecule has 1 aliphatic rings. The van der Waals surface area contributed by atoms with Crippen LogP contribution < -0.4 is 5.32 Å². The Kier molecular flexibility index (Phi) is 8.29. The predicted molar refractivity (Wildman–Crippen MR) is 100 cm³/mol. The van der Waals surface area contributed by atoms with E-state index in [-0.39, 0.29) is 0 Å². The summed E-state index contributed by atoms with van der Waals surface area (Å²) in [6.07, 6.45) is 0.669. The third kappa shape index (κ3) is 6.90. The number of nitrogens with one attached hydrogen (secondary N) is 1. The fourth-order valence-corrected chi connectivity index (χ4v) is 3.24. The number of alkyl halides is 2. The molecule has 2 rings (SSSR count). The van der Waals surface area contributed by atoms with Crippen LogP contribution in [0.1, 0.15) is 44.2 Å². The van der Waals surface area contributed by atoms with Gasteiger partial charge in [0.05, 0.1) is 6.54 Å². The number of carbonyl (C=O) groups excluding carboxylic acids is 1. The molecule has 0 atom stereocenters. The van der Waals surface area contributed by atoms with Crippen molar-refractivity contribution in [3.05, 3.63) is 35.4 Å². The van der Waals surface area contributed by atoms with E-state index in [2.05, 4.69) is 29.3 Å². The van der Waals surface area contributed by atoms with Crippen LogP contribution in [-0.4, -0.2) is 48.4 Å². The van der Waals surface area contributed by atoms with Crippen molar-refractivity contribution in [1.82, 2.24) is 15.1 Å². The van der Waals surface area contributed by atoms with Crippen LogP contribution in [0, 0.1) is 5.92 Å². The second kappa shape index (κ2) is 10.5. The van der Waals surface area contributed by atoms with E-state index >= 15 is 0 Å². The van der Waals surface area contributed by atoms with Crippen LogP contribution in [0.4, 0.5) is 13.6 Å². The van der Waals surface area contributed by atoms with E-state index in [9.17, 15) is 13.6 Å². The van der Waals surface area contributed by atoms with Gasteiger partial charge in [0.2, 0.25) is 0 Å². The molecule has 1 aromatic rings. The second-order valence-corrected chi connectivity index (χ2v) is 7.27. The highest BCUT2D eigenvalue weighted by Crippen LogP contribution is 2.18. The molecular weight excluding hydrogens is 336 g/mol. The van der Waals surface area contributed by atoms with Crippen molar-refractivity contribution in [2.24, 2.45) is 5.92 Å². The predicted octanol–water partition coefficient (Wildman–Crippen LogP) is 4.11. The number of halogens is 2. The summed E-state index contributed by atoms with van der Waals surface area (Å²) in [7, 11) is 0. The Balaban J connectivity index is 1.80. The number of hydrogen-bond donors (Lipinski definition) is 1. The van der Waals surface area contributed by atoms with Crippen LogP contribution >= 0.6 is 0 Å². The number of nitrogens with zero attached hydrogens (tertiary/aromatic N) is 2. The molecule has 0 saturated carbocycles. The summed E-state index contributed by atoms with van der Waals surface area (Å²) in [5.74, 6) is 0.828. The maximum atomic E-state index is 12.6. The Labute approximate surface area is 155 Å². The summed E-state index contributed by atoms with van der Waals surface area (Å²) in [6.45, 7) is 7.60. The zero-order valence-electron chi connectivity index (χ0n) is 15.9. The van der Waals surface area contributed by atoms with E-state index in [1.165, 1.54) is 23.3 Å². The molecule has 0 radical (unpaired) electrons. The first-order chi connectivity index (χ1) is 12.5. The summed E-state index contributed by atoms with van der Waals surface area (Å²) >= 11 is 0. The fourth-order valence-electron chi connectivity index (χ4n) is 3.24. The molecule has 0 aromatic heterocycles. The lowest BCUT2D eigenvalue weighted by molar-refractivity contribution is 0.0982. The average molecular weight is 367 g/mol. The zero-order chi connectivity index (χ0) is 18.9. The van der Waals surface area contributed by atoms with Crippen molar-refractivity contribution in [2.45, 2.75) is 52.6 Å². The first-order valence-corrected chi connectivity index (χ1v) is 9.59. The van der Waals surface area contributed by atoms with E-state index < -0.39 is 19.0 Å². The van der Waals surface area contributed by atoms with Gasteiger partial charge in [-0.25, -0.2) is 13.6 Å². The minimum absolute atomic E-state index is 0.337. The quantitative estimate of drug-likeness (QED) is 0.751. The molecule has 1 aromatic carbocycles. The molecule has 0 bridgehead atoms. The summed E-state index contributed by atoms with van der Waals surface area (Å²) in [5.41, 5.74) is 2.24. The number of carbonyl (C=O) groups is 1. The van der Waals surface area contributed by atoms with Gasteiger partial charge in [-0.15, -0.1) is 0 Å². The minimum Gasteiger partial charge on any atom is -0.334 e. The highest BCUT2D eigenvalue weighted by molar-refractivity contribution is 5.74. The van der Waals surface area contributed by atoms with E-state index in [1.807, 2.05) is 19.1 Å². The second-order valence-electron chi connectivity index (χ2n) is 7.27. The Hall–Kier alpha value is -1.69. The lowest BCUT2D eigenvalue weighted by atomic mass is 9.99. The standard InChI is InChI=1S/C20H31F2N3O/c1-3-10-25(15-19(21)22)20(26)23-13-17-4-6-18(7-5-17)14-24-11-8-16(2)9-12-24/h4-7,16,19H,3,8-15H2,1-2H3,(H,23,26). The molecule has 1 heterocycles. The number of benzene rings is 1. The number of urea groups is 1. The van der Waals surface area contributed by atoms with Crippen molar-refractivity contribution in [1.29, 1.82) is 0 Å². The smallest absolute Gasteiger partial charge is 0.317 e.